The quantitative estimate of drug-likeness (QED) is 0.440. The topological polar surface area (TPSA) is 70.1 Å². The highest BCUT2D eigenvalue weighted by atomic mass is 35.5. The Morgan fingerprint density at radius 1 is 1.55 bits per heavy atom. The van der Waals surface area contributed by atoms with E-state index in [4.69, 9.17) is 27.9 Å². The Bertz CT molecular complexity index is 298. The Morgan fingerprint density at radius 2 is 2.18 bits per heavy atom. The molecule has 0 atom stereocenters. The van der Waals surface area contributed by atoms with E-state index >= 15 is 0 Å². The van der Waals surface area contributed by atoms with E-state index in [0.29, 0.717) is 5.56 Å². The fourth-order valence-electron chi connectivity index (χ4n) is 0.680. The van der Waals surface area contributed by atoms with Crippen LogP contribution in [0.15, 0.2) is 18.2 Å². The summed E-state index contributed by atoms with van der Waals surface area (Å²) in [6, 6.07) is 4.42. The van der Waals surface area contributed by atoms with Gasteiger partial charge in [0.05, 0.1) is 5.02 Å². The van der Waals surface area contributed by atoms with E-state index in [1.54, 1.807) is 6.07 Å². The van der Waals surface area contributed by atoms with Crippen molar-refractivity contribution in [1.29, 1.82) is 5.41 Å². The minimum absolute atomic E-state index is 0.0561. The molecule has 1 aromatic carbocycles. The molecule has 0 radical (unpaired) electrons. The summed E-state index contributed by atoms with van der Waals surface area (Å²) >= 11 is 5.52. The van der Waals surface area contributed by atoms with Gasteiger partial charge in [0.1, 0.15) is 11.6 Å². The number of phenolic OH excluding ortho intramolecular Hbond substituents is 1. The van der Waals surface area contributed by atoms with Crippen LogP contribution in [-0.4, -0.2) is 10.9 Å². The number of hydrogen-bond acceptors (Lipinski definition) is 2. The highest BCUT2D eigenvalue weighted by molar-refractivity contribution is 6.32. The van der Waals surface area contributed by atoms with Crippen LogP contribution in [0.1, 0.15) is 5.56 Å². The van der Waals surface area contributed by atoms with Crippen LogP contribution in [-0.2, 0) is 0 Å². The fourth-order valence-corrected chi connectivity index (χ4v) is 0.798. The first-order chi connectivity index (χ1) is 5.11. The van der Waals surface area contributed by atoms with Gasteiger partial charge in [-0.15, -0.1) is 0 Å². The summed E-state index contributed by atoms with van der Waals surface area (Å²) in [5.41, 5.74) is 5.63. The molecule has 0 amide bonds. The summed E-state index contributed by atoms with van der Waals surface area (Å²) in [6.07, 6.45) is 0. The van der Waals surface area contributed by atoms with Gasteiger partial charge in [0, 0.05) is 5.56 Å². The molecule has 1 rings (SSSR count). The molecule has 0 fully saturated rings. The van der Waals surface area contributed by atoms with Crippen LogP contribution in [0.4, 0.5) is 0 Å². The third-order valence-electron chi connectivity index (χ3n) is 1.26. The summed E-state index contributed by atoms with van der Waals surface area (Å²) in [7, 11) is 0. The molecule has 0 spiro atoms. The van der Waals surface area contributed by atoms with Crippen LogP contribution < -0.4 is 5.73 Å². The van der Waals surface area contributed by atoms with Gasteiger partial charge in [-0.2, -0.15) is 0 Å². The summed E-state index contributed by atoms with van der Waals surface area (Å²) < 4.78 is 0. The number of halogens is 1. The first-order valence-electron chi connectivity index (χ1n) is 2.94. The predicted octanol–water partition coefficient (Wildman–Crippen LogP) is 1.33. The zero-order valence-corrected chi connectivity index (χ0v) is 6.39. The van der Waals surface area contributed by atoms with Gasteiger partial charge in [-0.25, -0.2) is 0 Å². The smallest absolute Gasteiger partial charge is 0.134 e. The number of benzene rings is 1. The van der Waals surface area contributed by atoms with Gasteiger partial charge in [0.15, 0.2) is 0 Å². The fraction of sp³-hybridized carbons (Fsp3) is 0. The van der Waals surface area contributed by atoms with Gasteiger partial charge in [-0.1, -0.05) is 11.6 Å². The minimum Gasteiger partial charge on any atom is -0.506 e. The molecule has 11 heavy (non-hydrogen) atoms. The predicted molar refractivity (Wildman–Crippen MR) is 44.1 cm³/mol. The molecule has 0 unspecified atom stereocenters. The van der Waals surface area contributed by atoms with Gasteiger partial charge >= 0.3 is 0 Å². The standard InChI is InChI=1S/C7H7ClN2O/c8-5-2-1-4(7(9)10)3-6(5)11/h1-3,11H,(H3,9,10). The van der Waals surface area contributed by atoms with E-state index in [0.717, 1.165) is 0 Å². The highest BCUT2D eigenvalue weighted by Gasteiger charge is 2.00. The summed E-state index contributed by atoms with van der Waals surface area (Å²) in [6.45, 7) is 0. The zero-order chi connectivity index (χ0) is 8.43. The maximum absolute atomic E-state index is 9.06. The van der Waals surface area contributed by atoms with Crippen molar-refractivity contribution in [3.63, 3.8) is 0 Å². The molecule has 1 aromatic rings. The molecule has 0 aliphatic carbocycles. The number of hydrogen-bond donors (Lipinski definition) is 3. The molecule has 0 aliphatic heterocycles. The van der Waals surface area contributed by atoms with Crippen LogP contribution in [0.2, 0.25) is 5.02 Å². The summed E-state index contributed by atoms with van der Waals surface area (Å²) in [5.74, 6) is -0.142. The molecule has 0 aromatic heterocycles. The number of amidine groups is 1. The molecule has 0 saturated heterocycles. The lowest BCUT2D eigenvalue weighted by atomic mass is 10.2. The van der Waals surface area contributed by atoms with Crippen LogP contribution in [0.3, 0.4) is 0 Å². The van der Waals surface area contributed by atoms with Gasteiger partial charge in [-0.3, -0.25) is 5.41 Å². The molecule has 4 heteroatoms. The Balaban J connectivity index is 3.15. The Kier molecular flexibility index (Phi) is 2.01. The van der Waals surface area contributed by atoms with Gasteiger partial charge in [0.25, 0.3) is 0 Å². The van der Waals surface area contributed by atoms with Crippen molar-refractivity contribution in [3.8, 4) is 5.75 Å². The van der Waals surface area contributed by atoms with Gasteiger partial charge < -0.3 is 10.8 Å². The maximum atomic E-state index is 9.06. The molecule has 0 bridgehead atoms. The van der Waals surface area contributed by atoms with Crippen molar-refractivity contribution in [2.75, 3.05) is 0 Å². The van der Waals surface area contributed by atoms with E-state index in [1.807, 2.05) is 0 Å². The largest absolute Gasteiger partial charge is 0.506 e. The third kappa shape index (κ3) is 1.62. The number of phenols is 1. The van der Waals surface area contributed by atoms with Crippen LogP contribution >= 0.6 is 11.6 Å². The monoisotopic (exact) mass is 170 g/mol. The van der Waals surface area contributed by atoms with E-state index in [2.05, 4.69) is 0 Å². The van der Waals surface area contributed by atoms with Crippen molar-refractivity contribution in [1.82, 2.24) is 0 Å². The van der Waals surface area contributed by atoms with E-state index in [-0.39, 0.29) is 16.6 Å². The number of nitrogens with two attached hydrogens (primary N) is 1. The lowest BCUT2D eigenvalue weighted by Gasteiger charge is -1.99. The minimum atomic E-state index is -0.0861. The van der Waals surface area contributed by atoms with Crippen molar-refractivity contribution < 1.29 is 5.11 Å². The Hall–Kier alpha value is -1.22. The molecule has 58 valence electrons. The normalized spacial score (nSPS) is 9.55. The second-order valence-electron chi connectivity index (χ2n) is 2.08. The molecule has 0 aliphatic rings. The SMILES string of the molecule is N=C(N)c1ccc(Cl)c(O)c1. The average molecular weight is 171 g/mol. The summed E-state index contributed by atoms with van der Waals surface area (Å²) in [5, 5.41) is 16.4. The van der Waals surface area contributed by atoms with Crippen molar-refractivity contribution in [2.24, 2.45) is 5.73 Å². The lowest BCUT2D eigenvalue weighted by molar-refractivity contribution is 0.475. The number of aromatic hydroxyl groups is 1. The van der Waals surface area contributed by atoms with Crippen molar-refractivity contribution in [2.45, 2.75) is 0 Å². The van der Waals surface area contributed by atoms with E-state index in [9.17, 15) is 0 Å². The number of nitrogens with one attached hydrogen (secondary N) is 1. The molecule has 3 nitrogen and oxygen atoms in total. The highest BCUT2D eigenvalue weighted by Crippen LogP contribution is 2.23. The number of nitrogen functional groups attached to an aromatic ring is 1. The molecular formula is C7H7ClN2O. The van der Waals surface area contributed by atoms with Gasteiger partial charge in [-0.05, 0) is 18.2 Å². The van der Waals surface area contributed by atoms with Crippen molar-refractivity contribution in [3.05, 3.63) is 28.8 Å². The van der Waals surface area contributed by atoms with Crippen LogP contribution in [0, 0.1) is 5.41 Å². The van der Waals surface area contributed by atoms with Crippen LogP contribution in [0.5, 0.6) is 5.75 Å². The average Bonchev–Trinajstić information content (AvgIpc) is 1.94. The molecule has 0 heterocycles. The van der Waals surface area contributed by atoms with Crippen LogP contribution in [0.25, 0.3) is 0 Å². The van der Waals surface area contributed by atoms with E-state index < -0.39 is 0 Å². The number of rotatable bonds is 1. The Morgan fingerprint density at radius 3 is 2.64 bits per heavy atom. The van der Waals surface area contributed by atoms with E-state index in [1.165, 1.54) is 12.1 Å². The zero-order valence-electron chi connectivity index (χ0n) is 5.63. The molecule has 4 N–H and O–H groups in total. The summed E-state index contributed by atoms with van der Waals surface area (Å²) in [4.78, 5) is 0. The lowest BCUT2D eigenvalue weighted by Crippen LogP contribution is -2.10. The van der Waals surface area contributed by atoms with Gasteiger partial charge in [0.2, 0.25) is 0 Å². The maximum Gasteiger partial charge on any atom is 0.134 e. The van der Waals surface area contributed by atoms with Crippen molar-refractivity contribution >= 4 is 17.4 Å². The first-order valence-corrected chi connectivity index (χ1v) is 3.32. The Labute approximate surface area is 68.9 Å². The molecule has 0 saturated carbocycles. The first kappa shape index (κ1) is 7.88. The second kappa shape index (κ2) is 2.80. The third-order valence-corrected chi connectivity index (χ3v) is 1.58. The molecular weight excluding hydrogens is 164 g/mol. The second-order valence-corrected chi connectivity index (χ2v) is 2.49.